The van der Waals surface area contributed by atoms with Crippen molar-refractivity contribution in [3.63, 3.8) is 0 Å². The average Bonchev–Trinajstić information content (AvgIpc) is 3.94. The zero-order chi connectivity index (χ0) is 38.6. The van der Waals surface area contributed by atoms with Crippen LogP contribution in [0.4, 0.5) is 4.79 Å². The van der Waals surface area contributed by atoms with E-state index in [0.29, 0.717) is 68.1 Å². The summed E-state index contributed by atoms with van der Waals surface area (Å²) in [7, 11) is 0. The van der Waals surface area contributed by atoms with Gasteiger partial charge in [-0.1, -0.05) is 72.1 Å². The maximum Gasteiger partial charge on any atom is 0.328 e. The fourth-order valence-corrected chi connectivity index (χ4v) is 13.8. The van der Waals surface area contributed by atoms with Crippen LogP contribution in [0, 0.1) is 58.7 Å². The molecule has 8 unspecified atom stereocenters. The van der Waals surface area contributed by atoms with Crippen molar-refractivity contribution in [2.45, 2.75) is 192 Å². The lowest BCUT2D eigenvalue weighted by Crippen LogP contribution is -2.62. The van der Waals surface area contributed by atoms with E-state index in [2.05, 4.69) is 53.2 Å². The second kappa shape index (κ2) is 16.7. The second-order valence-corrected chi connectivity index (χ2v) is 20.2. The Balaban J connectivity index is 0.000000218. The number of amides is 4. The van der Waals surface area contributed by atoms with E-state index in [1.54, 1.807) is 6.92 Å². The van der Waals surface area contributed by atoms with Crippen molar-refractivity contribution >= 4 is 17.8 Å². The molecule has 10 aliphatic rings. The number of imide groups is 2. The number of barbiturate groups is 1. The Bertz CT molecular complexity index is 1200. The van der Waals surface area contributed by atoms with E-state index in [4.69, 9.17) is 0 Å². The molecular formula is C43H74N10O3. The van der Waals surface area contributed by atoms with Crippen LogP contribution < -0.4 is 53.2 Å². The number of hydrogen-bond donors (Lipinski definition) is 10. The Morgan fingerprint density at radius 1 is 0.446 bits per heavy atom. The van der Waals surface area contributed by atoms with Gasteiger partial charge in [0.2, 0.25) is 11.8 Å². The lowest BCUT2D eigenvalue weighted by atomic mass is 9.76. The van der Waals surface area contributed by atoms with Crippen LogP contribution in [-0.2, 0) is 9.59 Å². The molecular weight excluding hydrogens is 705 g/mol. The molecule has 4 amide bonds. The minimum atomic E-state index is -1.07. The maximum atomic E-state index is 11.8. The highest BCUT2D eigenvalue weighted by atomic mass is 16.2. The van der Waals surface area contributed by atoms with Gasteiger partial charge in [0.15, 0.2) is 0 Å². The summed E-state index contributed by atoms with van der Waals surface area (Å²) in [5.41, 5.74) is -1.07. The largest absolute Gasteiger partial charge is 0.328 e. The van der Waals surface area contributed by atoms with Crippen molar-refractivity contribution in [1.82, 2.24) is 53.2 Å². The first-order valence-corrected chi connectivity index (χ1v) is 23.5. The van der Waals surface area contributed by atoms with Crippen LogP contribution >= 0.6 is 0 Å². The Labute approximate surface area is 335 Å². The predicted molar refractivity (Wildman–Crippen MR) is 216 cm³/mol. The molecule has 13 nitrogen and oxygen atoms in total. The fourth-order valence-electron chi connectivity index (χ4n) is 13.8. The molecule has 0 radical (unpaired) electrons. The van der Waals surface area contributed by atoms with E-state index in [-0.39, 0.29) is 0 Å². The van der Waals surface area contributed by atoms with Gasteiger partial charge >= 0.3 is 6.03 Å². The summed E-state index contributed by atoms with van der Waals surface area (Å²) in [6.07, 6.45) is 27.2. The van der Waals surface area contributed by atoms with Gasteiger partial charge in [-0.2, -0.15) is 0 Å². The molecule has 4 aliphatic carbocycles. The molecule has 8 bridgehead atoms. The van der Waals surface area contributed by atoms with Gasteiger partial charge in [0, 0.05) is 0 Å². The van der Waals surface area contributed by atoms with Gasteiger partial charge in [0.25, 0.3) is 0 Å². The maximum absolute atomic E-state index is 11.8. The van der Waals surface area contributed by atoms with Gasteiger partial charge < -0.3 is 0 Å². The van der Waals surface area contributed by atoms with E-state index in [0.717, 1.165) is 53.8 Å². The van der Waals surface area contributed by atoms with Crippen LogP contribution in [0.2, 0.25) is 0 Å². The van der Waals surface area contributed by atoms with Gasteiger partial charge in [-0.25, -0.2) is 4.79 Å². The van der Waals surface area contributed by atoms with E-state index in [1.807, 2.05) is 13.8 Å². The number of carbonyl (C=O) groups is 3. The van der Waals surface area contributed by atoms with Gasteiger partial charge in [-0.15, -0.1) is 0 Å². The molecule has 8 atom stereocenters. The zero-order valence-electron chi connectivity index (χ0n) is 34.5. The predicted octanol–water partition coefficient (Wildman–Crippen LogP) is 3.79. The molecule has 0 spiro atoms. The van der Waals surface area contributed by atoms with Crippen LogP contribution in [-0.4, -0.2) is 67.2 Å². The first-order chi connectivity index (χ1) is 27.2. The van der Waals surface area contributed by atoms with Crippen molar-refractivity contribution < 1.29 is 14.4 Å². The van der Waals surface area contributed by atoms with Crippen LogP contribution in [0.3, 0.4) is 0 Å². The lowest BCUT2D eigenvalue weighted by molar-refractivity contribution is -0.145. The second-order valence-electron chi connectivity index (χ2n) is 20.2. The molecule has 10 rings (SSSR count). The molecule has 0 aromatic heterocycles. The third-order valence-corrected chi connectivity index (χ3v) is 16.9. The van der Waals surface area contributed by atoms with Crippen molar-refractivity contribution in [1.29, 1.82) is 0 Å². The molecule has 0 aromatic rings. The summed E-state index contributed by atoms with van der Waals surface area (Å²) in [6, 6.07) is -0.719. The molecule has 10 fully saturated rings. The monoisotopic (exact) mass is 779 g/mol. The number of urea groups is 1. The van der Waals surface area contributed by atoms with Crippen molar-refractivity contribution in [3.8, 4) is 0 Å². The van der Waals surface area contributed by atoms with Gasteiger partial charge in [-0.3, -0.25) is 62.8 Å². The summed E-state index contributed by atoms with van der Waals surface area (Å²) < 4.78 is 0. The van der Waals surface area contributed by atoms with Crippen LogP contribution in [0.25, 0.3) is 0 Å². The van der Waals surface area contributed by atoms with Gasteiger partial charge in [-0.05, 0) is 124 Å². The van der Waals surface area contributed by atoms with Gasteiger partial charge in [0.1, 0.15) is 5.41 Å². The molecule has 6 saturated heterocycles. The number of carbonyl (C=O) groups excluding carboxylic acids is 3. The standard InChI is InChI=1S/C32H56N8.C11H18N2O3/c1-2-10-18-17(9-1)25-33-26(18)38-28-21-13-5-6-14-22(21)30(35-28)40-32-24-16-8-7-15-23(24)31(36-32)39-29-20-12-4-3-11-19(20)27(34-29)37-25;1-4-11(6-5-7(2)3)8(14)12-10(16)13-9(11)15/h17-40H,1-16H2;7H,4-6H2,1-3H3,(H2,12,13,14,15,16). The summed E-state index contributed by atoms with van der Waals surface area (Å²) in [5.74, 6) is 5.45. The summed E-state index contributed by atoms with van der Waals surface area (Å²) in [5, 5.41) is 38.1. The zero-order valence-corrected chi connectivity index (χ0v) is 34.5. The topological polar surface area (TPSA) is 172 Å². The molecule has 6 heterocycles. The van der Waals surface area contributed by atoms with Crippen LogP contribution in [0.5, 0.6) is 0 Å². The summed E-state index contributed by atoms with van der Waals surface area (Å²) >= 11 is 0. The van der Waals surface area contributed by atoms with Crippen LogP contribution in [0.15, 0.2) is 0 Å². The Kier molecular flexibility index (Phi) is 11.9. The Morgan fingerprint density at radius 3 is 0.875 bits per heavy atom. The Hall–Kier alpha value is -1.71. The number of rotatable bonds is 4. The normalized spacial score (nSPS) is 46.8. The smallest absolute Gasteiger partial charge is 0.286 e. The third-order valence-electron chi connectivity index (χ3n) is 16.9. The third kappa shape index (κ3) is 7.52. The van der Waals surface area contributed by atoms with Crippen LogP contribution in [0.1, 0.15) is 143 Å². The Morgan fingerprint density at radius 2 is 0.679 bits per heavy atom. The first-order valence-electron chi connectivity index (χ1n) is 23.5. The van der Waals surface area contributed by atoms with Gasteiger partial charge in [0.05, 0.1) is 49.3 Å². The number of fused-ring (bicyclic) bond motifs is 20. The molecule has 0 aromatic carbocycles. The molecule has 56 heavy (non-hydrogen) atoms. The molecule has 13 heteroatoms. The minimum absolute atomic E-state index is 0.407. The number of nitrogens with one attached hydrogen (secondary N) is 10. The molecule has 6 aliphatic heterocycles. The summed E-state index contributed by atoms with van der Waals surface area (Å²) in [4.78, 5) is 34.5. The quantitative estimate of drug-likeness (QED) is 0.189. The van der Waals surface area contributed by atoms with E-state index in [9.17, 15) is 14.4 Å². The van der Waals surface area contributed by atoms with E-state index >= 15 is 0 Å². The van der Waals surface area contributed by atoms with E-state index in [1.165, 1.54) is 103 Å². The molecule has 10 N–H and O–H groups in total. The highest BCUT2D eigenvalue weighted by molar-refractivity contribution is 6.19. The van der Waals surface area contributed by atoms with Crippen molar-refractivity contribution in [2.24, 2.45) is 58.7 Å². The average molecular weight is 779 g/mol. The van der Waals surface area contributed by atoms with E-state index < -0.39 is 23.3 Å². The summed E-state index contributed by atoms with van der Waals surface area (Å²) in [6.45, 7) is 5.86. The highest BCUT2D eigenvalue weighted by Gasteiger charge is 2.54. The SMILES string of the molecule is C1CCC2C3NC(NC4NC(NC5NC(NC6NC(N3)C3CCCCC63)C3CCCCC53)C3CCCCC43)C2C1.CCC1(CCC(C)C)C(=O)NC(=O)NC1=O. The fraction of sp³-hybridized carbons (Fsp3) is 0.930. The highest BCUT2D eigenvalue weighted by Crippen LogP contribution is 2.45. The van der Waals surface area contributed by atoms with Crippen molar-refractivity contribution in [2.75, 3.05) is 0 Å². The number of hydrogen-bond acceptors (Lipinski definition) is 11. The minimum Gasteiger partial charge on any atom is -0.286 e. The first kappa shape index (κ1) is 39.7. The lowest BCUT2D eigenvalue weighted by Gasteiger charge is -2.35. The molecule has 314 valence electrons. The van der Waals surface area contributed by atoms with Crippen molar-refractivity contribution in [3.05, 3.63) is 0 Å². The molecule has 4 saturated carbocycles.